The van der Waals surface area contributed by atoms with Gasteiger partial charge in [0, 0.05) is 19.2 Å². The Kier molecular flexibility index (Phi) is 5.21. The Morgan fingerprint density at radius 1 is 1.55 bits per heavy atom. The van der Waals surface area contributed by atoms with E-state index in [0.717, 1.165) is 0 Å². The molecule has 5 N–H and O–H groups in total. The largest absolute Gasteiger partial charge is 0.480 e. The molecule has 0 aliphatic heterocycles. The number of aryl methyl sites for hydroxylation is 1. The van der Waals surface area contributed by atoms with Crippen LogP contribution in [0.5, 0.6) is 0 Å². The van der Waals surface area contributed by atoms with Crippen LogP contribution in [-0.4, -0.2) is 43.8 Å². The van der Waals surface area contributed by atoms with Crippen molar-refractivity contribution in [2.75, 3.05) is 5.73 Å². The van der Waals surface area contributed by atoms with Crippen molar-refractivity contribution in [1.82, 2.24) is 14.9 Å². The number of aliphatic hydroxyl groups is 1. The fraction of sp³-hybridized carbons (Fsp3) is 0.455. The lowest BCUT2D eigenvalue weighted by atomic mass is 10.2. The zero-order valence-electron chi connectivity index (χ0n) is 10.8. The molecule has 0 aliphatic carbocycles. The summed E-state index contributed by atoms with van der Waals surface area (Å²) in [6, 6.07) is 0.0265. The monoisotopic (exact) mass is 284 g/mol. The lowest BCUT2D eigenvalue weighted by molar-refractivity contribution is -0.144. The molecule has 0 unspecified atom stereocenters. The fourth-order valence-corrected chi connectivity index (χ4v) is 1.47. The van der Waals surface area contributed by atoms with Crippen LogP contribution in [0.2, 0.25) is 0 Å². The van der Waals surface area contributed by atoms with E-state index in [1.807, 2.05) is 0 Å². The van der Waals surface area contributed by atoms with Crippen LogP contribution < -0.4 is 16.7 Å². The number of aromatic nitrogens is 2. The summed E-state index contributed by atoms with van der Waals surface area (Å²) >= 11 is 0. The average Bonchev–Trinajstić information content (AvgIpc) is 2.34. The summed E-state index contributed by atoms with van der Waals surface area (Å²) < 4.78 is 1.17. The molecule has 1 rings (SSSR count). The predicted octanol–water partition coefficient (Wildman–Crippen LogP) is -1.83. The van der Waals surface area contributed by atoms with Gasteiger partial charge in [-0.2, -0.15) is 4.98 Å². The minimum atomic E-state index is -1.39. The van der Waals surface area contributed by atoms with Gasteiger partial charge < -0.3 is 21.3 Å². The number of nitrogens with zero attached hydrogens (tertiary/aromatic N) is 2. The normalized spacial score (nSPS) is 13.5. The van der Waals surface area contributed by atoms with Crippen LogP contribution in [0.25, 0.3) is 0 Å². The fourth-order valence-electron chi connectivity index (χ4n) is 1.47. The van der Waals surface area contributed by atoms with Crippen molar-refractivity contribution in [1.29, 1.82) is 0 Å². The number of aliphatic carboxylic acids is 1. The van der Waals surface area contributed by atoms with Crippen LogP contribution >= 0.6 is 0 Å². The van der Waals surface area contributed by atoms with Crippen molar-refractivity contribution in [2.24, 2.45) is 0 Å². The van der Waals surface area contributed by atoms with Crippen molar-refractivity contribution in [2.45, 2.75) is 32.0 Å². The molecule has 0 bridgehead atoms. The summed E-state index contributed by atoms with van der Waals surface area (Å²) in [6.45, 7) is 1.29. The molecule has 0 fully saturated rings. The molecule has 0 saturated carbocycles. The number of amides is 1. The molecule has 0 aromatic carbocycles. The van der Waals surface area contributed by atoms with E-state index in [1.165, 1.54) is 23.8 Å². The SMILES string of the molecule is C[C@@H](O)[C@H](NC(=O)CCn1ccc(N)nc1=O)C(=O)O. The third kappa shape index (κ3) is 4.35. The molecule has 1 amide bonds. The van der Waals surface area contributed by atoms with Crippen LogP contribution in [-0.2, 0) is 16.1 Å². The number of carboxylic acid groups (broad SMARTS) is 1. The van der Waals surface area contributed by atoms with Gasteiger partial charge in [0.05, 0.1) is 6.10 Å². The number of aliphatic hydroxyl groups excluding tert-OH is 1. The summed E-state index contributed by atoms with van der Waals surface area (Å²) in [7, 11) is 0. The highest BCUT2D eigenvalue weighted by molar-refractivity contribution is 5.83. The number of anilines is 1. The first-order valence-electron chi connectivity index (χ1n) is 5.84. The number of hydrogen-bond donors (Lipinski definition) is 4. The Morgan fingerprint density at radius 3 is 2.70 bits per heavy atom. The number of carbonyl (C=O) groups excluding carboxylic acids is 1. The standard InChI is InChI=1S/C11H16N4O5/c1-6(16)9(10(18)19)14-8(17)3-5-15-4-2-7(12)13-11(15)20/h2,4,6,9,16H,3,5H2,1H3,(H,14,17)(H,18,19)(H2,12,13,20)/t6-,9+/m1/s1. The maximum atomic E-state index is 11.6. The molecule has 1 aromatic heterocycles. The van der Waals surface area contributed by atoms with Crippen LogP contribution in [0.4, 0.5) is 5.82 Å². The van der Waals surface area contributed by atoms with Crippen LogP contribution in [0.1, 0.15) is 13.3 Å². The molecule has 0 saturated heterocycles. The highest BCUT2D eigenvalue weighted by atomic mass is 16.4. The predicted molar refractivity (Wildman–Crippen MR) is 68.8 cm³/mol. The molecule has 0 radical (unpaired) electrons. The maximum absolute atomic E-state index is 11.6. The van der Waals surface area contributed by atoms with Gasteiger partial charge in [0.1, 0.15) is 5.82 Å². The Balaban J connectivity index is 2.59. The smallest absolute Gasteiger partial charge is 0.349 e. The van der Waals surface area contributed by atoms with Crippen molar-refractivity contribution in [3.63, 3.8) is 0 Å². The first-order chi connectivity index (χ1) is 9.31. The number of rotatable bonds is 6. The van der Waals surface area contributed by atoms with E-state index in [2.05, 4.69) is 10.3 Å². The van der Waals surface area contributed by atoms with E-state index in [9.17, 15) is 19.5 Å². The Labute approximate surface area is 114 Å². The second-order valence-electron chi connectivity index (χ2n) is 4.20. The van der Waals surface area contributed by atoms with Crippen LogP contribution in [0, 0.1) is 0 Å². The van der Waals surface area contributed by atoms with Crippen molar-refractivity contribution < 1.29 is 19.8 Å². The van der Waals surface area contributed by atoms with E-state index in [1.54, 1.807) is 0 Å². The number of carbonyl (C=O) groups is 2. The van der Waals surface area contributed by atoms with Crippen molar-refractivity contribution >= 4 is 17.7 Å². The van der Waals surface area contributed by atoms with E-state index in [0.29, 0.717) is 0 Å². The first-order valence-corrected chi connectivity index (χ1v) is 5.84. The summed E-state index contributed by atoms with van der Waals surface area (Å²) in [4.78, 5) is 37.2. The summed E-state index contributed by atoms with van der Waals surface area (Å²) in [5, 5.41) is 20.2. The molecule has 2 atom stereocenters. The maximum Gasteiger partial charge on any atom is 0.349 e. The van der Waals surface area contributed by atoms with Gasteiger partial charge in [-0.05, 0) is 13.0 Å². The van der Waals surface area contributed by atoms with E-state index in [-0.39, 0.29) is 18.8 Å². The summed E-state index contributed by atoms with van der Waals surface area (Å²) in [5.74, 6) is -1.85. The van der Waals surface area contributed by atoms with Gasteiger partial charge in [-0.25, -0.2) is 9.59 Å². The molecule has 1 heterocycles. The third-order valence-electron chi connectivity index (χ3n) is 2.54. The highest BCUT2D eigenvalue weighted by Crippen LogP contribution is 1.96. The number of carboxylic acids is 1. The topological polar surface area (TPSA) is 148 Å². The molecule has 9 nitrogen and oxygen atoms in total. The van der Waals surface area contributed by atoms with Gasteiger partial charge in [-0.1, -0.05) is 0 Å². The van der Waals surface area contributed by atoms with Gasteiger partial charge >= 0.3 is 11.7 Å². The molecule has 9 heteroatoms. The molecule has 20 heavy (non-hydrogen) atoms. The quantitative estimate of drug-likeness (QED) is 0.480. The van der Waals surface area contributed by atoms with Crippen LogP contribution in [0.3, 0.4) is 0 Å². The Morgan fingerprint density at radius 2 is 2.20 bits per heavy atom. The summed E-state index contributed by atoms with van der Waals surface area (Å²) in [6.07, 6.45) is 0.0425. The summed E-state index contributed by atoms with van der Waals surface area (Å²) in [5.41, 5.74) is 4.72. The zero-order valence-corrected chi connectivity index (χ0v) is 10.8. The van der Waals surface area contributed by atoms with Gasteiger partial charge in [-0.15, -0.1) is 0 Å². The lowest BCUT2D eigenvalue weighted by Crippen LogP contribution is -2.47. The average molecular weight is 284 g/mol. The van der Waals surface area contributed by atoms with Crippen LogP contribution in [0.15, 0.2) is 17.1 Å². The number of nitrogen functional groups attached to an aromatic ring is 1. The molecule has 1 aromatic rings. The van der Waals surface area contributed by atoms with E-state index < -0.39 is 29.7 Å². The third-order valence-corrected chi connectivity index (χ3v) is 2.54. The first kappa shape index (κ1) is 15.6. The lowest BCUT2D eigenvalue weighted by Gasteiger charge is -2.17. The van der Waals surface area contributed by atoms with Gasteiger partial charge in [0.15, 0.2) is 6.04 Å². The van der Waals surface area contributed by atoms with Gasteiger partial charge in [-0.3, -0.25) is 9.36 Å². The second kappa shape index (κ2) is 6.66. The number of nitrogens with two attached hydrogens (primary N) is 1. The van der Waals surface area contributed by atoms with E-state index in [4.69, 9.17) is 10.8 Å². The Hall–Kier alpha value is -2.42. The van der Waals surface area contributed by atoms with Gasteiger partial charge in [0.2, 0.25) is 5.91 Å². The minimum Gasteiger partial charge on any atom is -0.480 e. The Bertz CT molecular complexity index is 554. The molecular weight excluding hydrogens is 268 g/mol. The molecular formula is C11H16N4O5. The molecule has 110 valence electrons. The van der Waals surface area contributed by atoms with E-state index >= 15 is 0 Å². The van der Waals surface area contributed by atoms with Crippen molar-refractivity contribution in [3.8, 4) is 0 Å². The van der Waals surface area contributed by atoms with Gasteiger partial charge in [0.25, 0.3) is 0 Å². The molecule has 0 aliphatic rings. The number of hydrogen-bond acceptors (Lipinski definition) is 6. The second-order valence-corrected chi connectivity index (χ2v) is 4.20. The number of nitrogens with one attached hydrogen (secondary N) is 1. The van der Waals surface area contributed by atoms with Crippen molar-refractivity contribution in [3.05, 3.63) is 22.7 Å². The zero-order chi connectivity index (χ0) is 15.3. The minimum absolute atomic E-state index is 0.0318. The highest BCUT2D eigenvalue weighted by Gasteiger charge is 2.24. The molecule has 0 spiro atoms.